The minimum Gasteiger partial charge on any atom is -0.310 e. The van der Waals surface area contributed by atoms with E-state index in [9.17, 15) is 0 Å². The monoisotopic (exact) mass is 287 g/mol. The lowest BCUT2D eigenvalue weighted by Gasteiger charge is -2.22. The van der Waals surface area contributed by atoms with Crippen molar-refractivity contribution >= 4 is 23.2 Å². The molecule has 102 valence electrons. The number of rotatable bonds is 7. The summed E-state index contributed by atoms with van der Waals surface area (Å²) < 4.78 is 0. The number of benzene rings is 1. The van der Waals surface area contributed by atoms with Crippen molar-refractivity contribution in [1.29, 1.82) is 0 Å². The second kappa shape index (κ2) is 8.04. The molecule has 0 heterocycles. The molecule has 1 N–H and O–H groups in total. The van der Waals surface area contributed by atoms with Crippen molar-refractivity contribution in [2.45, 2.75) is 46.1 Å². The maximum atomic E-state index is 6.10. The second-order valence-electron chi connectivity index (χ2n) is 4.93. The zero-order chi connectivity index (χ0) is 13.5. The lowest BCUT2D eigenvalue weighted by atomic mass is 9.94. The maximum absolute atomic E-state index is 6.10. The summed E-state index contributed by atoms with van der Waals surface area (Å²) in [4.78, 5) is 0. The Hall–Kier alpha value is -0.240. The van der Waals surface area contributed by atoms with E-state index >= 15 is 0 Å². The highest BCUT2D eigenvalue weighted by molar-refractivity contribution is 6.42. The highest BCUT2D eigenvalue weighted by Crippen LogP contribution is 2.29. The lowest BCUT2D eigenvalue weighted by molar-refractivity contribution is 0.402. The fourth-order valence-corrected chi connectivity index (χ4v) is 2.26. The van der Waals surface area contributed by atoms with E-state index in [0.29, 0.717) is 22.0 Å². The first kappa shape index (κ1) is 15.8. The quantitative estimate of drug-likeness (QED) is 0.701. The van der Waals surface area contributed by atoms with E-state index in [1.165, 1.54) is 12.0 Å². The summed E-state index contributed by atoms with van der Waals surface area (Å²) in [6.07, 6.45) is 3.47. The summed E-state index contributed by atoms with van der Waals surface area (Å²) >= 11 is 12.1. The van der Waals surface area contributed by atoms with E-state index < -0.39 is 0 Å². The summed E-state index contributed by atoms with van der Waals surface area (Å²) in [7, 11) is 0. The fourth-order valence-electron chi connectivity index (χ4n) is 1.95. The van der Waals surface area contributed by atoms with Gasteiger partial charge in [0, 0.05) is 6.04 Å². The molecule has 0 saturated carbocycles. The van der Waals surface area contributed by atoms with Crippen molar-refractivity contribution in [3.05, 3.63) is 33.8 Å². The van der Waals surface area contributed by atoms with E-state index in [2.05, 4.69) is 32.2 Å². The van der Waals surface area contributed by atoms with Crippen molar-refractivity contribution in [3.8, 4) is 0 Å². The van der Waals surface area contributed by atoms with Gasteiger partial charge in [0.2, 0.25) is 0 Å². The molecule has 3 heteroatoms. The van der Waals surface area contributed by atoms with Crippen LogP contribution >= 0.6 is 23.2 Å². The normalized spacial score (nSPS) is 14.5. The third-order valence-corrected chi connectivity index (χ3v) is 4.06. The second-order valence-corrected chi connectivity index (χ2v) is 5.74. The Morgan fingerprint density at radius 1 is 1.17 bits per heavy atom. The molecule has 18 heavy (non-hydrogen) atoms. The lowest BCUT2D eigenvalue weighted by Crippen LogP contribution is -2.24. The van der Waals surface area contributed by atoms with Crippen LogP contribution in [0.1, 0.15) is 51.6 Å². The van der Waals surface area contributed by atoms with Crippen LogP contribution in [0.2, 0.25) is 10.0 Å². The van der Waals surface area contributed by atoms with Gasteiger partial charge < -0.3 is 5.32 Å². The van der Waals surface area contributed by atoms with Crippen molar-refractivity contribution < 1.29 is 0 Å². The van der Waals surface area contributed by atoms with Gasteiger partial charge in [0.05, 0.1) is 10.0 Å². The van der Waals surface area contributed by atoms with Gasteiger partial charge in [-0.3, -0.25) is 0 Å². The Kier molecular flexibility index (Phi) is 7.06. The maximum Gasteiger partial charge on any atom is 0.0595 e. The Balaban J connectivity index is 2.82. The first-order valence-electron chi connectivity index (χ1n) is 6.76. The largest absolute Gasteiger partial charge is 0.310 e. The van der Waals surface area contributed by atoms with E-state index in [-0.39, 0.29) is 0 Å². The van der Waals surface area contributed by atoms with Gasteiger partial charge in [-0.2, -0.15) is 0 Å². The minimum atomic E-state index is 0.370. The molecule has 0 bridgehead atoms. The van der Waals surface area contributed by atoms with Crippen LogP contribution in [-0.2, 0) is 0 Å². The van der Waals surface area contributed by atoms with Gasteiger partial charge in [-0.25, -0.2) is 0 Å². The Bertz CT molecular complexity index is 366. The molecule has 0 aromatic heterocycles. The molecule has 0 aliphatic heterocycles. The fraction of sp³-hybridized carbons (Fsp3) is 0.600. The summed E-state index contributed by atoms with van der Waals surface area (Å²) in [5, 5.41) is 4.86. The molecule has 1 rings (SSSR count). The van der Waals surface area contributed by atoms with Gasteiger partial charge in [-0.1, -0.05) is 56.5 Å². The zero-order valence-corrected chi connectivity index (χ0v) is 13.0. The molecule has 2 atom stereocenters. The van der Waals surface area contributed by atoms with Gasteiger partial charge in [-0.05, 0) is 43.0 Å². The third kappa shape index (κ3) is 4.79. The molecule has 0 aliphatic rings. The van der Waals surface area contributed by atoms with E-state index in [4.69, 9.17) is 23.2 Å². The number of halogens is 2. The molecule has 0 amide bonds. The van der Waals surface area contributed by atoms with Crippen LogP contribution in [0.15, 0.2) is 18.2 Å². The topological polar surface area (TPSA) is 12.0 Å². The Morgan fingerprint density at radius 2 is 1.89 bits per heavy atom. The van der Waals surface area contributed by atoms with Gasteiger partial charge in [0.15, 0.2) is 0 Å². The average molecular weight is 288 g/mol. The molecule has 0 spiro atoms. The van der Waals surface area contributed by atoms with E-state index in [0.717, 1.165) is 19.4 Å². The standard InChI is InChI=1S/C15H23Cl2N/c1-4-8-18-15(9-11(3)5-2)12-6-7-13(16)14(17)10-12/h6-7,10-11,15,18H,4-5,8-9H2,1-3H3. The third-order valence-electron chi connectivity index (χ3n) is 3.32. The molecule has 0 aliphatic carbocycles. The SMILES string of the molecule is CCCNC(CC(C)CC)c1ccc(Cl)c(Cl)c1. The summed E-state index contributed by atoms with van der Waals surface area (Å²) in [5.74, 6) is 0.703. The van der Waals surface area contributed by atoms with Crippen LogP contribution in [0, 0.1) is 5.92 Å². The Labute approximate surface area is 121 Å². The minimum absolute atomic E-state index is 0.370. The zero-order valence-electron chi connectivity index (χ0n) is 11.5. The molecular formula is C15H23Cl2N. The molecule has 0 saturated heterocycles. The smallest absolute Gasteiger partial charge is 0.0595 e. The predicted octanol–water partition coefficient (Wildman–Crippen LogP) is 5.47. The summed E-state index contributed by atoms with van der Waals surface area (Å²) in [6.45, 7) is 7.73. The van der Waals surface area contributed by atoms with Crippen molar-refractivity contribution in [1.82, 2.24) is 5.32 Å². The van der Waals surface area contributed by atoms with Crippen molar-refractivity contribution in [2.75, 3.05) is 6.54 Å². The van der Waals surface area contributed by atoms with Crippen LogP contribution in [-0.4, -0.2) is 6.54 Å². The molecule has 2 unspecified atom stereocenters. The molecule has 1 aromatic rings. The van der Waals surface area contributed by atoms with Crippen LogP contribution in [0.5, 0.6) is 0 Å². The van der Waals surface area contributed by atoms with Crippen LogP contribution in [0.25, 0.3) is 0 Å². The molecule has 0 radical (unpaired) electrons. The van der Waals surface area contributed by atoms with Crippen molar-refractivity contribution in [2.24, 2.45) is 5.92 Å². The van der Waals surface area contributed by atoms with Crippen LogP contribution < -0.4 is 5.32 Å². The first-order chi connectivity index (χ1) is 8.58. The average Bonchev–Trinajstić information content (AvgIpc) is 2.37. The van der Waals surface area contributed by atoms with Gasteiger partial charge in [0.1, 0.15) is 0 Å². The highest BCUT2D eigenvalue weighted by atomic mass is 35.5. The number of nitrogens with one attached hydrogen (secondary N) is 1. The van der Waals surface area contributed by atoms with Gasteiger partial charge >= 0.3 is 0 Å². The summed E-state index contributed by atoms with van der Waals surface area (Å²) in [6, 6.07) is 6.31. The molecule has 1 aromatic carbocycles. The summed E-state index contributed by atoms with van der Waals surface area (Å²) in [5.41, 5.74) is 1.23. The highest BCUT2D eigenvalue weighted by Gasteiger charge is 2.14. The number of hydrogen-bond acceptors (Lipinski definition) is 1. The van der Waals surface area contributed by atoms with Gasteiger partial charge in [-0.15, -0.1) is 0 Å². The molecule has 1 nitrogen and oxygen atoms in total. The Morgan fingerprint density at radius 3 is 2.44 bits per heavy atom. The number of hydrogen-bond donors (Lipinski definition) is 1. The molecular weight excluding hydrogens is 265 g/mol. The van der Waals surface area contributed by atoms with E-state index in [1.807, 2.05) is 12.1 Å². The van der Waals surface area contributed by atoms with E-state index in [1.54, 1.807) is 0 Å². The van der Waals surface area contributed by atoms with Crippen LogP contribution in [0.4, 0.5) is 0 Å². The van der Waals surface area contributed by atoms with Crippen LogP contribution in [0.3, 0.4) is 0 Å². The van der Waals surface area contributed by atoms with Crippen molar-refractivity contribution in [3.63, 3.8) is 0 Å². The molecule has 0 fully saturated rings. The first-order valence-corrected chi connectivity index (χ1v) is 7.52. The predicted molar refractivity (Wildman–Crippen MR) is 81.6 cm³/mol. The van der Waals surface area contributed by atoms with Gasteiger partial charge in [0.25, 0.3) is 0 Å².